The fourth-order valence-electron chi connectivity index (χ4n) is 3.73. The van der Waals surface area contributed by atoms with Crippen LogP contribution in [0.25, 0.3) is 32.7 Å². The summed E-state index contributed by atoms with van der Waals surface area (Å²) in [6.45, 7) is 2.08. The number of benzene rings is 4. The van der Waals surface area contributed by atoms with E-state index in [-0.39, 0.29) is 0 Å². The maximum absolute atomic E-state index is 6.42. The number of aromatic nitrogens is 1. The average molecular weight is 361 g/mol. The molecule has 5 rings (SSSR count). The van der Waals surface area contributed by atoms with Gasteiger partial charge in [0.2, 0.25) is 0 Å². The van der Waals surface area contributed by atoms with Gasteiger partial charge in [-0.3, -0.25) is 4.98 Å². The molecule has 2 heteroatoms. The molecule has 4 aromatic carbocycles. The normalized spacial score (nSPS) is 11.0. The van der Waals surface area contributed by atoms with Gasteiger partial charge in [-0.1, -0.05) is 72.3 Å². The first kappa shape index (κ1) is 16.5. The summed E-state index contributed by atoms with van der Waals surface area (Å²) >= 11 is 0. The summed E-state index contributed by atoms with van der Waals surface area (Å²) in [5.41, 5.74) is 3.58. The van der Waals surface area contributed by atoms with Gasteiger partial charge in [-0.15, -0.1) is 0 Å². The monoisotopic (exact) mass is 361 g/mol. The van der Waals surface area contributed by atoms with Gasteiger partial charge in [-0.25, -0.2) is 0 Å². The molecular formula is C26H19NO. The predicted octanol–water partition coefficient (Wildman–Crippen LogP) is 7.16. The lowest BCUT2D eigenvalue weighted by Crippen LogP contribution is -1.92. The lowest BCUT2D eigenvalue weighted by Gasteiger charge is -2.17. The van der Waals surface area contributed by atoms with Gasteiger partial charge in [0.25, 0.3) is 0 Å². The van der Waals surface area contributed by atoms with Crippen LogP contribution >= 0.6 is 0 Å². The second-order valence-electron chi connectivity index (χ2n) is 6.95. The number of hydrogen-bond donors (Lipinski definition) is 0. The maximum atomic E-state index is 6.42. The molecule has 0 fully saturated rings. The van der Waals surface area contributed by atoms with E-state index in [0.717, 1.165) is 33.0 Å². The minimum atomic E-state index is 0.835. The van der Waals surface area contributed by atoms with Gasteiger partial charge in [-0.05, 0) is 41.6 Å². The van der Waals surface area contributed by atoms with E-state index in [9.17, 15) is 0 Å². The van der Waals surface area contributed by atoms with Crippen molar-refractivity contribution in [1.29, 1.82) is 0 Å². The van der Waals surface area contributed by atoms with Crippen molar-refractivity contribution >= 4 is 21.5 Å². The van der Waals surface area contributed by atoms with E-state index < -0.39 is 0 Å². The third kappa shape index (κ3) is 2.80. The van der Waals surface area contributed by atoms with E-state index in [1.165, 1.54) is 16.7 Å². The highest BCUT2D eigenvalue weighted by molar-refractivity contribution is 6.16. The van der Waals surface area contributed by atoms with Crippen LogP contribution in [-0.2, 0) is 0 Å². The first-order valence-electron chi connectivity index (χ1n) is 9.39. The SMILES string of the molecule is Cc1ccc(Oc2c3ccccc3c(-c3ccccc3)c3cnccc23)cc1. The second kappa shape index (κ2) is 6.82. The molecule has 0 radical (unpaired) electrons. The Labute approximate surface area is 164 Å². The highest BCUT2D eigenvalue weighted by atomic mass is 16.5. The van der Waals surface area contributed by atoms with Crippen LogP contribution in [0.5, 0.6) is 11.5 Å². The average Bonchev–Trinajstić information content (AvgIpc) is 2.76. The molecule has 1 heterocycles. The van der Waals surface area contributed by atoms with Crippen LogP contribution in [0.4, 0.5) is 0 Å². The van der Waals surface area contributed by atoms with E-state index >= 15 is 0 Å². The number of nitrogens with zero attached hydrogens (tertiary/aromatic N) is 1. The van der Waals surface area contributed by atoms with Crippen molar-refractivity contribution in [1.82, 2.24) is 4.98 Å². The molecule has 0 atom stereocenters. The highest BCUT2D eigenvalue weighted by Gasteiger charge is 2.16. The Kier molecular flexibility index (Phi) is 4.02. The minimum Gasteiger partial charge on any atom is -0.456 e. The summed E-state index contributed by atoms with van der Waals surface area (Å²) in [5.74, 6) is 1.71. The molecule has 0 bridgehead atoms. The van der Waals surface area contributed by atoms with Crippen LogP contribution in [0, 0.1) is 6.92 Å². The van der Waals surface area contributed by atoms with Crippen LogP contribution in [-0.4, -0.2) is 4.98 Å². The van der Waals surface area contributed by atoms with Crippen LogP contribution in [0.2, 0.25) is 0 Å². The smallest absolute Gasteiger partial charge is 0.143 e. The molecule has 0 amide bonds. The van der Waals surface area contributed by atoms with Crippen LogP contribution in [0.1, 0.15) is 5.56 Å². The van der Waals surface area contributed by atoms with Gasteiger partial charge in [0, 0.05) is 28.6 Å². The van der Waals surface area contributed by atoms with Gasteiger partial charge >= 0.3 is 0 Å². The van der Waals surface area contributed by atoms with Crippen LogP contribution < -0.4 is 4.74 Å². The Morgan fingerprint density at radius 2 is 1.32 bits per heavy atom. The maximum Gasteiger partial charge on any atom is 0.143 e. The van der Waals surface area contributed by atoms with E-state index in [0.29, 0.717) is 0 Å². The minimum absolute atomic E-state index is 0.835. The lowest BCUT2D eigenvalue weighted by atomic mass is 9.92. The van der Waals surface area contributed by atoms with E-state index in [4.69, 9.17) is 4.74 Å². The molecule has 0 saturated carbocycles. The van der Waals surface area contributed by atoms with Crippen molar-refractivity contribution in [2.45, 2.75) is 6.92 Å². The molecule has 0 N–H and O–H groups in total. The van der Waals surface area contributed by atoms with Crippen LogP contribution in [0.15, 0.2) is 97.3 Å². The lowest BCUT2D eigenvalue weighted by molar-refractivity contribution is 0.493. The molecule has 0 aliphatic carbocycles. The summed E-state index contributed by atoms with van der Waals surface area (Å²) in [6, 6.07) is 29.1. The zero-order chi connectivity index (χ0) is 18.9. The summed E-state index contributed by atoms with van der Waals surface area (Å²) in [6.07, 6.45) is 3.76. The number of rotatable bonds is 3. The Morgan fingerprint density at radius 1 is 0.643 bits per heavy atom. The van der Waals surface area contributed by atoms with Crippen molar-refractivity contribution in [3.05, 3.63) is 103 Å². The van der Waals surface area contributed by atoms with Crippen molar-refractivity contribution in [3.63, 3.8) is 0 Å². The molecule has 134 valence electrons. The summed E-state index contributed by atoms with van der Waals surface area (Å²) in [5, 5.41) is 4.42. The Hall–Kier alpha value is -3.65. The van der Waals surface area contributed by atoms with Gasteiger partial charge in [0.1, 0.15) is 11.5 Å². The molecule has 28 heavy (non-hydrogen) atoms. The number of ether oxygens (including phenoxy) is 1. The predicted molar refractivity (Wildman–Crippen MR) is 116 cm³/mol. The van der Waals surface area contributed by atoms with E-state index in [1.54, 1.807) is 0 Å². The third-order valence-electron chi connectivity index (χ3n) is 5.08. The van der Waals surface area contributed by atoms with Gasteiger partial charge < -0.3 is 4.74 Å². The molecule has 1 aromatic heterocycles. The number of hydrogen-bond acceptors (Lipinski definition) is 2. The summed E-state index contributed by atoms with van der Waals surface area (Å²) in [4.78, 5) is 4.41. The molecule has 0 aliphatic rings. The fraction of sp³-hybridized carbons (Fsp3) is 0.0385. The van der Waals surface area contributed by atoms with Crippen molar-refractivity contribution in [3.8, 4) is 22.6 Å². The highest BCUT2D eigenvalue weighted by Crippen LogP contribution is 2.44. The zero-order valence-corrected chi connectivity index (χ0v) is 15.6. The van der Waals surface area contributed by atoms with E-state index in [2.05, 4.69) is 72.6 Å². The molecule has 5 aromatic rings. The number of fused-ring (bicyclic) bond motifs is 2. The van der Waals surface area contributed by atoms with Crippen LogP contribution in [0.3, 0.4) is 0 Å². The zero-order valence-electron chi connectivity index (χ0n) is 15.6. The topological polar surface area (TPSA) is 22.1 Å². The van der Waals surface area contributed by atoms with Crippen molar-refractivity contribution in [2.75, 3.05) is 0 Å². The van der Waals surface area contributed by atoms with Gasteiger partial charge in [0.15, 0.2) is 0 Å². The van der Waals surface area contributed by atoms with E-state index in [1.807, 2.05) is 36.7 Å². The molecule has 0 aliphatic heterocycles. The first-order valence-corrected chi connectivity index (χ1v) is 9.39. The fourth-order valence-corrected chi connectivity index (χ4v) is 3.73. The van der Waals surface area contributed by atoms with Crippen molar-refractivity contribution in [2.24, 2.45) is 0 Å². The first-order chi connectivity index (χ1) is 13.8. The third-order valence-corrected chi connectivity index (χ3v) is 5.08. The molecule has 0 spiro atoms. The summed E-state index contributed by atoms with van der Waals surface area (Å²) < 4.78 is 6.42. The Bertz CT molecular complexity index is 1220. The Morgan fingerprint density at radius 3 is 2.11 bits per heavy atom. The standard InChI is InChI=1S/C26H19NO/c1-18-11-13-20(14-12-18)28-26-22-10-6-5-9-21(22)25(19-7-3-2-4-8-19)24-17-27-16-15-23(24)26/h2-17H,1H3. The van der Waals surface area contributed by atoms with Gasteiger partial charge in [-0.2, -0.15) is 0 Å². The summed E-state index contributed by atoms with van der Waals surface area (Å²) in [7, 11) is 0. The largest absolute Gasteiger partial charge is 0.456 e. The van der Waals surface area contributed by atoms with Crippen molar-refractivity contribution < 1.29 is 4.74 Å². The number of pyridine rings is 1. The molecule has 2 nitrogen and oxygen atoms in total. The molecular weight excluding hydrogens is 342 g/mol. The molecule has 0 saturated heterocycles. The molecule has 0 unspecified atom stereocenters. The second-order valence-corrected chi connectivity index (χ2v) is 6.95. The quantitative estimate of drug-likeness (QED) is 0.318. The number of aryl methyl sites for hydroxylation is 1. The Balaban J connectivity index is 1.85. The van der Waals surface area contributed by atoms with Gasteiger partial charge in [0.05, 0.1) is 0 Å².